The van der Waals surface area contributed by atoms with Crippen molar-refractivity contribution < 1.29 is 4.79 Å². The molecule has 1 aliphatic heterocycles. The van der Waals surface area contributed by atoms with Crippen molar-refractivity contribution in [3.63, 3.8) is 0 Å². The van der Waals surface area contributed by atoms with Gasteiger partial charge in [0.2, 0.25) is 5.95 Å². The van der Waals surface area contributed by atoms with Gasteiger partial charge in [0.25, 0.3) is 0 Å². The highest BCUT2D eigenvalue weighted by Gasteiger charge is 2.42. The van der Waals surface area contributed by atoms with Crippen molar-refractivity contribution in [3.05, 3.63) is 42.1 Å². The molecule has 198 valence electrons. The zero-order valence-corrected chi connectivity index (χ0v) is 22.2. The van der Waals surface area contributed by atoms with Crippen molar-refractivity contribution in [1.29, 1.82) is 0 Å². The molecule has 2 N–H and O–H groups in total. The molecule has 0 radical (unpaired) electrons. The smallest absolute Gasteiger partial charge is 0.229 e. The van der Waals surface area contributed by atoms with Crippen molar-refractivity contribution in [2.24, 2.45) is 19.5 Å². The number of ketones is 1. The van der Waals surface area contributed by atoms with E-state index in [1.807, 2.05) is 33.3 Å². The van der Waals surface area contributed by atoms with Crippen LogP contribution in [0.3, 0.4) is 0 Å². The summed E-state index contributed by atoms with van der Waals surface area (Å²) >= 11 is 0. The molecule has 11 nitrogen and oxygen atoms in total. The van der Waals surface area contributed by atoms with Gasteiger partial charge in [0, 0.05) is 51.2 Å². The number of pyridine rings is 1. The molecule has 11 heteroatoms. The van der Waals surface area contributed by atoms with Crippen LogP contribution in [0.2, 0.25) is 0 Å². The highest BCUT2D eigenvalue weighted by atomic mass is 16.1. The highest BCUT2D eigenvalue weighted by Crippen LogP contribution is 2.47. The largest absolute Gasteiger partial charge is 0.337 e. The van der Waals surface area contributed by atoms with Crippen molar-refractivity contribution in [1.82, 2.24) is 39.4 Å². The Bertz CT molecular complexity index is 1480. The summed E-state index contributed by atoms with van der Waals surface area (Å²) in [4.78, 5) is 29.1. The second-order valence-corrected chi connectivity index (χ2v) is 10.8. The van der Waals surface area contributed by atoms with Crippen molar-refractivity contribution in [3.8, 4) is 0 Å². The van der Waals surface area contributed by atoms with Gasteiger partial charge in [0.05, 0.1) is 28.7 Å². The Kier molecular flexibility index (Phi) is 6.30. The number of anilines is 4. The van der Waals surface area contributed by atoms with Gasteiger partial charge in [-0.05, 0) is 57.2 Å². The van der Waals surface area contributed by atoms with Gasteiger partial charge in [-0.1, -0.05) is 6.42 Å². The Labute approximate surface area is 221 Å². The van der Waals surface area contributed by atoms with E-state index in [-0.39, 0.29) is 5.78 Å². The van der Waals surface area contributed by atoms with Gasteiger partial charge in [-0.25, -0.2) is 9.67 Å². The first-order valence-electron chi connectivity index (χ1n) is 13.3. The standard InChI is InChI=1S/C27H34N10O/c1-18-22(12-19(13-28-18)23(38)6-4-10-37-11-9-27(17-37)7-5-8-27)32-24-21-15-29-26(33-25(21)36(3)34-24)31-20-14-30-35(2)16-20/h12-16H,4-11,17H2,1-3H3,(H,32,34)(H,29,31,33). The number of hydrogen-bond acceptors (Lipinski definition) is 9. The molecule has 0 unspecified atom stereocenters. The number of Topliss-reactive ketones (excluding diaryl/α,β-unsaturated/α-hetero) is 1. The summed E-state index contributed by atoms with van der Waals surface area (Å²) < 4.78 is 3.41. The molecule has 6 rings (SSSR count). The summed E-state index contributed by atoms with van der Waals surface area (Å²) in [6.07, 6.45) is 13.9. The summed E-state index contributed by atoms with van der Waals surface area (Å²) in [5.41, 5.74) is 4.24. The summed E-state index contributed by atoms with van der Waals surface area (Å²) in [7, 11) is 3.69. The molecule has 2 aliphatic rings. The summed E-state index contributed by atoms with van der Waals surface area (Å²) in [5, 5.41) is 16.1. The van der Waals surface area contributed by atoms with E-state index < -0.39 is 0 Å². The van der Waals surface area contributed by atoms with Crippen LogP contribution in [-0.2, 0) is 14.1 Å². The topological polar surface area (TPSA) is 119 Å². The van der Waals surface area contributed by atoms with E-state index in [4.69, 9.17) is 0 Å². The number of aromatic nitrogens is 7. The number of rotatable bonds is 9. The quantitative estimate of drug-likeness (QED) is 0.318. The van der Waals surface area contributed by atoms with E-state index in [0.29, 0.717) is 34.8 Å². The molecule has 4 aromatic rings. The van der Waals surface area contributed by atoms with Crippen molar-refractivity contribution >= 4 is 40.0 Å². The fourth-order valence-electron chi connectivity index (χ4n) is 5.66. The zero-order valence-electron chi connectivity index (χ0n) is 22.2. The number of carbonyl (C=O) groups excluding carboxylic acids is 1. The van der Waals surface area contributed by atoms with Crippen molar-refractivity contribution in [2.75, 3.05) is 30.3 Å². The maximum Gasteiger partial charge on any atom is 0.229 e. The van der Waals surface area contributed by atoms with Crippen LogP contribution >= 0.6 is 0 Å². The normalized spacial score (nSPS) is 16.7. The molecule has 1 aliphatic carbocycles. The fourth-order valence-corrected chi connectivity index (χ4v) is 5.66. The molecule has 2 fully saturated rings. The lowest BCUT2D eigenvalue weighted by molar-refractivity contribution is 0.0972. The molecule has 1 saturated heterocycles. The Balaban J connectivity index is 1.12. The van der Waals surface area contributed by atoms with Crippen LogP contribution in [0.25, 0.3) is 11.0 Å². The minimum atomic E-state index is 0.124. The second-order valence-electron chi connectivity index (χ2n) is 10.8. The predicted octanol–water partition coefficient (Wildman–Crippen LogP) is 4.13. The van der Waals surface area contributed by atoms with Gasteiger partial charge in [-0.15, -0.1) is 0 Å². The lowest BCUT2D eigenvalue weighted by atomic mass is 9.68. The Morgan fingerprint density at radius 1 is 1.11 bits per heavy atom. The number of aryl methyl sites for hydroxylation is 3. The first kappa shape index (κ1) is 24.5. The molecule has 1 spiro atoms. The maximum absolute atomic E-state index is 13.0. The zero-order chi connectivity index (χ0) is 26.3. The van der Waals surface area contributed by atoms with Crippen LogP contribution in [-0.4, -0.2) is 64.8 Å². The van der Waals surface area contributed by atoms with Gasteiger partial charge in [0.1, 0.15) is 0 Å². The van der Waals surface area contributed by atoms with Crippen LogP contribution in [0, 0.1) is 12.3 Å². The second kappa shape index (κ2) is 9.79. The SMILES string of the molecule is Cc1ncc(C(=O)CCCN2CCC3(CCC3)C2)cc1Nc1nn(C)c2nc(Nc3cnn(C)c3)ncc12. The monoisotopic (exact) mass is 514 g/mol. The van der Waals surface area contributed by atoms with Crippen LogP contribution in [0.4, 0.5) is 23.1 Å². The van der Waals surface area contributed by atoms with E-state index in [9.17, 15) is 4.79 Å². The molecular formula is C27H34N10O. The first-order valence-corrected chi connectivity index (χ1v) is 13.3. The summed E-state index contributed by atoms with van der Waals surface area (Å²) in [6, 6.07) is 1.88. The van der Waals surface area contributed by atoms with E-state index in [2.05, 4.69) is 40.7 Å². The third kappa shape index (κ3) is 4.85. The minimum Gasteiger partial charge on any atom is -0.337 e. The number of nitrogens with one attached hydrogen (secondary N) is 2. The Hall–Kier alpha value is -3.86. The van der Waals surface area contributed by atoms with E-state index in [1.54, 1.807) is 28.0 Å². The van der Waals surface area contributed by atoms with Crippen LogP contribution < -0.4 is 10.6 Å². The van der Waals surface area contributed by atoms with Crippen LogP contribution in [0.15, 0.2) is 30.9 Å². The van der Waals surface area contributed by atoms with Gasteiger partial charge < -0.3 is 15.5 Å². The average Bonchev–Trinajstić information content (AvgIpc) is 3.58. The predicted molar refractivity (Wildman–Crippen MR) is 146 cm³/mol. The number of likely N-dealkylation sites (tertiary alicyclic amines) is 1. The fraction of sp³-hybridized carbons (Fsp3) is 0.481. The van der Waals surface area contributed by atoms with E-state index >= 15 is 0 Å². The third-order valence-electron chi connectivity index (χ3n) is 8.01. The molecule has 5 heterocycles. The lowest BCUT2D eigenvalue weighted by Crippen LogP contribution is -2.33. The molecule has 0 aromatic carbocycles. The number of fused-ring (bicyclic) bond motifs is 1. The molecule has 38 heavy (non-hydrogen) atoms. The van der Waals surface area contributed by atoms with Crippen molar-refractivity contribution in [2.45, 2.75) is 45.4 Å². The minimum absolute atomic E-state index is 0.124. The van der Waals surface area contributed by atoms with Gasteiger partial charge in [-0.3, -0.25) is 14.5 Å². The summed E-state index contributed by atoms with van der Waals surface area (Å²) in [6.45, 7) is 5.30. The van der Waals surface area contributed by atoms with Gasteiger partial charge in [0.15, 0.2) is 17.2 Å². The number of hydrogen-bond donors (Lipinski definition) is 2. The highest BCUT2D eigenvalue weighted by molar-refractivity contribution is 5.97. The lowest BCUT2D eigenvalue weighted by Gasteiger charge is -2.38. The Morgan fingerprint density at radius 3 is 2.71 bits per heavy atom. The average molecular weight is 515 g/mol. The third-order valence-corrected chi connectivity index (χ3v) is 8.01. The van der Waals surface area contributed by atoms with Gasteiger partial charge >= 0.3 is 0 Å². The molecule has 4 aromatic heterocycles. The van der Waals surface area contributed by atoms with Crippen LogP contribution in [0.5, 0.6) is 0 Å². The maximum atomic E-state index is 13.0. The molecule has 0 amide bonds. The number of carbonyl (C=O) groups is 1. The molecular weight excluding hydrogens is 480 g/mol. The molecule has 0 bridgehead atoms. The van der Waals surface area contributed by atoms with E-state index in [0.717, 1.165) is 35.4 Å². The van der Waals surface area contributed by atoms with Gasteiger partial charge in [-0.2, -0.15) is 15.2 Å². The number of nitrogens with zero attached hydrogens (tertiary/aromatic N) is 8. The van der Waals surface area contributed by atoms with E-state index in [1.165, 1.54) is 38.8 Å². The molecule has 0 atom stereocenters. The summed E-state index contributed by atoms with van der Waals surface area (Å²) in [5.74, 6) is 1.20. The molecule has 1 saturated carbocycles. The van der Waals surface area contributed by atoms with Crippen LogP contribution in [0.1, 0.15) is 54.6 Å². The first-order chi connectivity index (χ1) is 18.4. The Morgan fingerprint density at radius 2 is 1.97 bits per heavy atom.